The minimum atomic E-state index is -1.23. The number of β-lactam (4-membered cyclic amide) rings is 1. The van der Waals surface area contributed by atoms with Gasteiger partial charge in [0.05, 0.1) is 41.3 Å². The van der Waals surface area contributed by atoms with Gasteiger partial charge in [-0.3, -0.25) is 29.4 Å². The summed E-state index contributed by atoms with van der Waals surface area (Å²) in [6.45, 7) is 0. The lowest BCUT2D eigenvalue weighted by atomic mass is 9.85. The molecule has 0 N–H and O–H groups in total. The smallest absolute Gasteiger partial charge is 0.270 e. The van der Waals surface area contributed by atoms with Gasteiger partial charge in [-0.1, -0.05) is 27.5 Å². The summed E-state index contributed by atoms with van der Waals surface area (Å²) >= 11 is 9.76. The summed E-state index contributed by atoms with van der Waals surface area (Å²) in [5, 5.41) is 11.5. The number of carbonyl (C=O) groups is 3. The van der Waals surface area contributed by atoms with Crippen LogP contribution in [0.5, 0.6) is 11.5 Å². The summed E-state index contributed by atoms with van der Waals surface area (Å²) in [7, 11) is 2.94. The van der Waals surface area contributed by atoms with E-state index >= 15 is 0 Å². The Bertz CT molecular complexity index is 1510. The predicted molar refractivity (Wildman–Crippen MR) is 136 cm³/mol. The number of fused-ring (bicyclic) bond motifs is 1. The number of rotatable bonds is 6. The number of nitro groups is 1. The first-order valence-electron chi connectivity index (χ1n) is 10.8. The van der Waals surface area contributed by atoms with Crippen molar-refractivity contribution in [3.8, 4) is 11.5 Å². The molecule has 10 nitrogen and oxygen atoms in total. The van der Waals surface area contributed by atoms with E-state index in [0.717, 1.165) is 17.0 Å². The second-order valence-electron chi connectivity index (χ2n) is 8.27. The van der Waals surface area contributed by atoms with E-state index in [4.69, 9.17) is 21.1 Å². The minimum absolute atomic E-state index is 0.00528. The molecule has 37 heavy (non-hydrogen) atoms. The Balaban J connectivity index is 1.63. The van der Waals surface area contributed by atoms with Crippen LogP contribution >= 0.6 is 27.5 Å². The van der Waals surface area contributed by atoms with Gasteiger partial charge in [0.1, 0.15) is 17.5 Å². The van der Waals surface area contributed by atoms with Gasteiger partial charge < -0.3 is 14.4 Å². The first kappa shape index (κ1) is 24.7. The van der Waals surface area contributed by atoms with Crippen molar-refractivity contribution in [1.82, 2.24) is 4.90 Å². The highest BCUT2D eigenvalue weighted by Gasteiger charge is 2.58. The van der Waals surface area contributed by atoms with Gasteiger partial charge in [-0.05, 0) is 42.5 Å². The lowest BCUT2D eigenvalue weighted by Gasteiger charge is -2.50. The molecule has 2 heterocycles. The number of amides is 3. The number of imide groups is 1. The first-order chi connectivity index (χ1) is 17.7. The monoisotopic (exact) mass is 585 g/mol. The highest BCUT2D eigenvalue weighted by atomic mass is 79.9. The molecule has 0 saturated carbocycles. The summed E-state index contributed by atoms with van der Waals surface area (Å²) in [6.07, 6.45) is 0. The fraction of sp³-hybridized carbons (Fsp3) is 0.160. The molecule has 2 atom stereocenters. The highest BCUT2D eigenvalue weighted by Crippen LogP contribution is 2.48. The van der Waals surface area contributed by atoms with Crippen LogP contribution in [0.25, 0.3) is 0 Å². The fourth-order valence-electron chi connectivity index (χ4n) is 4.68. The van der Waals surface area contributed by atoms with Crippen LogP contribution in [-0.4, -0.2) is 47.8 Å². The van der Waals surface area contributed by atoms with E-state index in [2.05, 4.69) is 15.9 Å². The molecule has 0 spiro atoms. The molecule has 1 saturated heterocycles. The number of benzene rings is 3. The molecule has 3 amide bonds. The predicted octanol–water partition coefficient (Wildman–Crippen LogP) is 4.78. The van der Waals surface area contributed by atoms with Crippen molar-refractivity contribution in [2.75, 3.05) is 19.1 Å². The lowest BCUT2D eigenvalue weighted by molar-refractivity contribution is -0.384. The van der Waals surface area contributed by atoms with E-state index in [0.29, 0.717) is 27.2 Å². The molecule has 12 heteroatoms. The van der Waals surface area contributed by atoms with Crippen LogP contribution in [0, 0.1) is 10.1 Å². The van der Waals surface area contributed by atoms with E-state index in [1.54, 1.807) is 36.4 Å². The maximum atomic E-state index is 13.6. The molecule has 0 radical (unpaired) electrons. The number of halogens is 2. The molecule has 0 aliphatic carbocycles. The zero-order valence-corrected chi connectivity index (χ0v) is 21.6. The number of methoxy groups -OCH3 is 2. The van der Waals surface area contributed by atoms with Crippen LogP contribution in [0.4, 0.5) is 11.4 Å². The van der Waals surface area contributed by atoms with E-state index < -0.39 is 34.7 Å². The average molecular weight is 587 g/mol. The summed E-state index contributed by atoms with van der Waals surface area (Å²) < 4.78 is 11.4. The number of nitrogens with zero attached hydrogens (tertiary/aromatic N) is 3. The van der Waals surface area contributed by atoms with Crippen LogP contribution in [0.3, 0.4) is 0 Å². The molecular formula is C25H17BrClN3O7. The van der Waals surface area contributed by atoms with Gasteiger partial charge in [-0.2, -0.15) is 0 Å². The number of ether oxygens (including phenoxy) is 2. The van der Waals surface area contributed by atoms with E-state index in [9.17, 15) is 24.5 Å². The topological polar surface area (TPSA) is 119 Å². The Hall–Kier alpha value is -3.96. The Morgan fingerprint density at radius 3 is 2.19 bits per heavy atom. The second-order valence-corrected chi connectivity index (χ2v) is 9.59. The van der Waals surface area contributed by atoms with Crippen molar-refractivity contribution in [2.24, 2.45) is 0 Å². The zero-order chi connectivity index (χ0) is 26.6. The molecule has 0 unspecified atom stereocenters. The molecule has 2 aliphatic rings. The largest absolute Gasteiger partial charge is 0.496 e. The molecule has 5 rings (SSSR count). The SMILES string of the molecule is COc1ccc(N2C(=O)[C@H](N3C(=O)c4ccc([N+](=O)[O-])cc4C3=O)[C@@H]2c2cc(Br)ccc2OC)cc1Cl. The van der Waals surface area contributed by atoms with E-state index in [-0.39, 0.29) is 21.8 Å². The van der Waals surface area contributed by atoms with Gasteiger partial charge in [0.15, 0.2) is 0 Å². The molecule has 0 bridgehead atoms. The summed E-state index contributed by atoms with van der Waals surface area (Å²) in [4.78, 5) is 53.2. The van der Waals surface area contributed by atoms with Crippen molar-refractivity contribution in [2.45, 2.75) is 12.1 Å². The van der Waals surface area contributed by atoms with Crippen LogP contribution in [0.1, 0.15) is 32.3 Å². The Labute approximate surface area is 223 Å². The van der Waals surface area contributed by atoms with Gasteiger partial charge >= 0.3 is 0 Å². The Morgan fingerprint density at radius 1 is 0.865 bits per heavy atom. The number of anilines is 1. The maximum Gasteiger partial charge on any atom is 0.270 e. The summed E-state index contributed by atoms with van der Waals surface area (Å²) in [5.41, 5.74) is 0.496. The molecule has 3 aromatic carbocycles. The molecule has 3 aromatic rings. The van der Waals surface area contributed by atoms with Crippen LogP contribution < -0.4 is 14.4 Å². The number of hydrogen-bond acceptors (Lipinski definition) is 7. The molecule has 0 aromatic heterocycles. The third-order valence-electron chi connectivity index (χ3n) is 6.38. The van der Waals surface area contributed by atoms with Crippen molar-refractivity contribution < 1.29 is 28.8 Å². The second kappa shape index (κ2) is 9.16. The standard InChI is InChI=1S/C25H17BrClN3O7/c1-36-19-7-3-12(26)9-17(19)21-22(25(33)28(21)13-5-8-20(37-2)18(27)11-13)29-23(31)15-6-4-14(30(34)35)10-16(15)24(29)32/h3-11,21-22H,1-2H3/t21-,22+/m0/s1. The Kier molecular flexibility index (Phi) is 6.12. The fourth-order valence-corrected chi connectivity index (χ4v) is 5.31. The summed E-state index contributed by atoms with van der Waals surface area (Å²) in [5.74, 6) is -1.18. The van der Waals surface area contributed by atoms with E-state index in [1.165, 1.54) is 25.2 Å². The van der Waals surface area contributed by atoms with Gasteiger partial charge in [0.2, 0.25) is 0 Å². The number of carbonyl (C=O) groups excluding carboxylic acids is 3. The lowest BCUT2D eigenvalue weighted by Crippen LogP contribution is -2.67. The van der Waals surface area contributed by atoms with Crippen LogP contribution in [0.2, 0.25) is 5.02 Å². The van der Waals surface area contributed by atoms with Gasteiger partial charge in [0, 0.05) is 27.9 Å². The van der Waals surface area contributed by atoms with Crippen molar-refractivity contribution >= 4 is 56.6 Å². The normalized spacial score (nSPS) is 18.5. The summed E-state index contributed by atoms with van der Waals surface area (Å²) in [6, 6.07) is 11.4. The van der Waals surface area contributed by atoms with Crippen molar-refractivity contribution in [3.05, 3.63) is 90.9 Å². The maximum absolute atomic E-state index is 13.6. The minimum Gasteiger partial charge on any atom is -0.496 e. The van der Waals surface area contributed by atoms with Crippen LogP contribution in [0.15, 0.2) is 59.1 Å². The van der Waals surface area contributed by atoms with Gasteiger partial charge in [0.25, 0.3) is 23.4 Å². The highest BCUT2D eigenvalue weighted by molar-refractivity contribution is 9.10. The number of non-ortho nitro benzene ring substituents is 1. The van der Waals surface area contributed by atoms with Gasteiger partial charge in [-0.15, -0.1) is 0 Å². The molecule has 2 aliphatic heterocycles. The third kappa shape index (κ3) is 3.82. The van der Waals surface area contributed by atoms with Crippen LogP contribution in [-0.2, 0) is 4.79 Å². The molecule has 1 fully saturated rings. The molecular weight excluding hydrogens is 570 g/mol. The zero-order valence-electron chi connectivity index (χ0n) is 19.3. The van der Waals surface area contributed by atoms with Crippen molar-refractivity contribution in [3.63, 3.8) is 0 Å². The number of hydrogen-bond donors (Lipinski definition) is 0. The third-order valence-corrected chi connectivity index (χ3v) is 7.17. The Morgan fingerprint density at radius 2 is 1.54 bits per heavy atom. The quantitative estimate of drug-likeness (QED) is 0.176. The van der Waals surface area contributed by atoms with E-state index in [1.807, 2.05) is 0 Å². The first-order valence-corrected chi connectivity index (χ1v) is 12.0. The number of nitro benzene ring substituents is 1. The average Bonchev–Trinajstić information content (AvgIpc) is 3.12. The molecule has 188 valence electrons. The van der Waals surface area contributed by atoms with Crippen molar-refractivity contribution in [1.29, 1.82) is 0 Å². The van der Waals surface area contributed by atoms with Gasteiger partial charge in [-0.25, -0.2) is 0 Å².